The molecule has 2 nitrogen and oxygen atoms in total. The molecule has 0 unspecified atom stereocenters. The highest BCUT2D eigenvalue weighted by molar-refractivity contribution is 4.31. The third-order valence-corrected chi connectivity index (χ3v) is 0.553. The Hall–Kier alpha value is -0.0800. The van der Waals surface area contributed by atoms with Gasteiger partial charge in [-0.1, -0.05) is 7.43 Å². The molecule has 0 radical (unpaired) electrons. The monoisotopic (exact) mass is 105 g/mol. The summed E-state index contributed by atoms with van der Waals surface area (Å²) in [7, 11) is 1.68. The van der Waals surface area contributed by atoms with Gasteiger partial charge in [-0.3, -0.25) is 0 Å². The maximum Gasteiger partial charge on any atom is 0.0474 e. The maximum absolute atomic E-state index is 5.13. The molecule has 0 rings (SSSR count). The highest BCUT2D eigenvalue weighted by Gasteiger charge is 1.74. The number of hydrogen-bond donors (Lipinski definition) is 1. The van der Waals surface area contributed by atoms with Crippen molar-refractivity contribution in [1.82, 2.24) is 0 Å². The van der Waals surface area contributed by atoms with E-state index in [9.17, 15) is 0 Å². The van der Waals surface area contributed by atoms with Crippen molar-refractivity contribution in [1.29, 1.82) is 0 Å². The highest BCUT2D eigenvalue weighted by Crippen LogP contribution is 1.70. The van der Waals surface area contributed by atoms with E-state index >= 15 is 0 Å². The average molecular weight is 105 g/mol. The fourth-order valence-corrected chi connectivity index (χ4v) is 0.228. The molecule has 0 amide bonds. The first-order chi connectivity index (χ1) is 2.91. The van der Waals surface area contributed by atoms with E-state index in [-0.39, 0.29) is 7.43 Å². The molecule has 2 N–H and O–H groups in total. The predicted octanol–water partition coefficient (Wildman–Crippen LogP) is 0.618. The molecule has 7 heavy (non-hydrogen) atoms. The summed E-state index contributed by atoms with van der Waals surface area (Å²) >= 11 is 0. The molecule has 46 valence electrons. The first-order valence-electron chi connectivity index (χ1n) is 2.11. The van der Waals surface area contributed by atoms with E-state index in [4.69, 9.17) is 10.5 Å². The van der Waals surface area contributed by atoms with Crippen molar-refractivity contribution in [3.63, 3.8) is 0 Å². The quantitative estimate of drug-likeness (QED) is 0.534. The van der Waals surface area contributed by atoms with Crippen LogP contribution in [-0.2, 0) is 4.74 Å². The first-order valence-corrected chi connectivity index (χ1v) is 2.11. The van der Waals surface area contributed by atoms with Crippen LogP contribution in [0.25, 0.3) is 0 Å². The molecule has 0 atom stereocenters. The van der Waals surface area contributed by atoms with Crippen molar-refractivity contribution < 1.29 is 4.74 Å². The van der Waals surface area contributed by atoms with Gasteiger partial charge in [0.2, 0.25) is 0 Å². The van der Waals surface area contributed by atoms with Gasteiger partial charge in [-0.25, -0.2) is 0 Å². The molecule has 0 aromatic rings. The van der Waals surface area contributed by atoms with Gasteiger partial charge in [-0.2, -0.15) is 0 Å². The van der Waals surface area contributed by atoms with E-state index in [1.54, 1.807) is 7.11 Å². The Labute approximate surface area is 45.7 Å². The molecule has 0 aromatic carbocycles. The van der Waals surface area contributed by atoms with E-state index in [1.807, 2.05) is 0 Å². The van der Waals surface area contributed by atoms with E-state index in [2.05, 4.69) is 0 Å². The van der Waals surface area contributed by atoms with Gasteiger partial charge in [-0.15, -0.1) is 0 Å². The first kappa shape index (κ1) is 10.0. The summed E-state index contributed by atoms with van der Waals surface area (Å²) in [6.07, 6.45) is 0.969. The molecule has 0 aliphatic carbocycles. The lowest BCUT2D eigenvalue weighted by Crippen LogP contribution is -2.01. The molecular weight excluding hydrogens is 90.1 g/mol. The highest BCUT2D eigenvalue weighted by atomic mass is 16.5. The van der Waals surface area contributed by atoms with Crippen LogP contribution in [0, 0.1) is 0 Å². The summed E-state index contributed by atoms with van der Waals surface area (Å²) in [5.41, 5.74) is 5.13. The number of hydrogen-bond acceptors (Lipinski definition) is 2. The summed E-state index contributed by atoms with van der Waals surface area (Å²) in [5, 5.41) is 0. The van der Waals surface area contributed by atoms with Crippen LogP contribution in [0.15, 0.2) is 0 Å². The van der Waals surface area contributed by atoms with Crippen molar-refractivity contribution >= 4 is 0 Å². The van der Waals surface area contributed by atoms with Crippen molar-refractivity contribution in [2.75, 3.05) is 20.3 Å². The molecule has 0 aromatic heterocycles. The lowest BCUT2D eigenvalue weighted by atomic mass is 10.5. The molecule has 0 fully saturated rings. The van der Waals surface area contributed by atoms with E-state index in [1.165, 1.54) is 0 Å². The minimum Gasteiger partial charge on any atom is -0.385 e. The molecule has 0 saturated carbocycles. The summed E-state index contributed by atoms with van der Waals surface area (Å²) < 4.78 is 4.70. The number of nitrogens with two attached hydrogens (primary N) is 1. The van der Waals surface area contributed by atoms with Crippen molar-refractivity contribution in [3.8, 4) is 0 Å². The van der Waals surface area contributed by atoms with Gasteiger partial charge in [-0.05, 0) is 13.0 Å². The standard InChI is InChI=1S/C4H11NO.CH4/c1-6-4-2-3-5;/h2-5H2,1H3;1H4. The third kappa shape index (κ3) is 10.7. The zero-order valence-electron chi connectivity index (χ0n) is 4.11. The smallest absolute Gasteiger partial charge is 0.0474 e. The van der Waals surface area contributed by atoms with Crippen LogP contribution in [-0.4, -0.2) is 20.3 Å². The molecule has 0 heterocycles. The minimum atomic E-state index is 0. The molecular formula is C5H15NO. The van der Waals surface area contributed by atoms with Gasteiger partial charge in [0.15, 0.2) is 0 Å². The summed E-state index contributed by atoms with van der Waals surface area (Å²) in [6, 6.07) is 0. The predicted molar refractivity (Wildman–Crippen MR) is 32.3 cm³/mol. The Morgan fingerprint density at radius 2 is 2.14 bits per heavy atom. The molecule has 0 aliphatic heterocycles. The van der Waals surface area contributed by atoms with Gasteiger partial charge in [0, 0.05) is 13.7 Å². The molecule has 0 bridgehead atoms. The second-order valence-corrected chi connectivity index (χ2v) is 1.14. The SMILES string of the molecule is C.COCCCN. The van der Waals surface area contributed by atoms with Gasteiger partial charge in [0.25, 0.3) is 0 Å². The van der Waals surface area contributed by atoms with E-state index in [0.717, 1.165) is 19.6 Å². The van der Waals surface area contributed by atoms with Crippen LogP contribution in [0.2, 0.25) is 0 Å². The van der Waals surface area contributed by atoms with Crippen molar-refractivity contribution in [3.05, 3.63) is 0 Å². The van der Waals surface area contributed by atoms with Gasteiger partial charge in [0.05, 0.1) is 0 Å². The van der Waals surface area contributed by atoms with Crippen LogP contribution in [0.5, 0.6) is 0 Å². The molecule has 0 aliphatic rings. The molecule has 0 spiro atoms. The maximum atomic E-state index is 5.13. The van der Waals surface area contributed by atoms with Crippen LogP contribution < -0.4 is 5.73 Å². The van der Waals surface area contributed by atoms with Crippen molar-refractivity contribution in [2.24, 2.45) is 5.73 Å². The number of rotatable bonds is 3. The lowest BCUT2D eigenvalue weighted by molar-refractivity contribution is 0.197. The summed E-state index contributed by atoms with van der Waals surface area (Å²) in [5.74, 6) is 0. The fourth-order valence-electron chi connectivity index (χ4n) is 0.228. The Morgan fingerprint density at radius 1 is 1.57 bits per heavy atom. The number of methoxy groups -OCH3 is 1. The third-order valence-electron chi connectivity index (χ3n) is 0.553. The second-order valence-electron chi connectivity index (χ2n) is 1.14. The van der Waals surface area contributed by atoms with Crippen LogP contribution in [0.3, 0.4) is 0 Å². The molecule has 0 saturated heterocycles. The van der Waals surface area contributed by atoms with Gasteiger partial charge < -0.3 is 10.5 Å². The molecule has 2 heteroatoms. The average Bonchev–Trinajstić information content (AvgIpc) is 1.61. The van der Waals surface area contributed by atoms with Crippen molar-refractivity contribution in [2.45, 2.75) is 13.8 Å². The van der Waals surface area contributed by atoms with E-state index < -0.39 is 0 Å². The normalized spacial score (nSPS) is 7.71. The van der Waals surface area contributed by atoms with Crippen LogP contribution in [0.4, 0.5) is 0 Å². The Morgan fingerprint density at radius 3 is 2.29 bits per heavy atom. The largest absolute Gasteiger partial charge is 0.385 e. The van der Waals surface area contributed by atoms with Gasteiger partial charge >= 0.3 is 0 Å². The van der Waals surface area contributed by atoms with Crippen LogP contribution in [0.1, 0.15) is 13.8 Å². The minimum absolute atomic E-state index is 0. The Balaban J connectivity index is 0. The Bertz CT molecular complexity index is 20.0. The second kappa shape index (κ2) is 9.33. The summed E-state index contributed by atoms with van der Waals surface area (Å²) in [4.78, 5) is 0. The zero-order chi connectivity index (χ0) is 4.83. The Kier molecular flexibility index (Phi) is 13.3. The topological polar surface area (TPSA) is 35.2 Å². The fraction of sp³-hybridized carbons (Fsp3) is 1.00. The van der Waals surface area contributed by atoms with E-state index in [0.29, 0.717) is 0 Å². The van der Waals surface area contributed by atoms with Gasteiger partial charge in [0.1, 0.15) is 0 Å². The summed E-state index contributed by atoms with van der Waals surface area (Å²) in [6.45, 7) is 1.52. The van der Waals surface area contributed by atoms with Crippen LogP contribution >= 0.6 is 0 Å². The zero-order valence-corrected chi connectivity index (χ0v) is 4.11. The lowest BCUT2D eigenvalue weighted by Gasteiger charge is -1.89. The number of ether oxygens (including phenoxy) is 1.